The van der Waals surface area contributed by atoms with Crippen LogP contribution < -0.4 is 5.32 Å². The number of benzene rings is 1. The van der Waals surface area contributed by atoms with Crippen molar-refractivity contribution in [2.75, 3.05) is 6.73 Å². The van der Waals surface area contributed by atoms with E-state index in [0.717, 1.165) is 12.1 Å². The molecule has 4 nitrogen and oxygen atoms in total. The normalized spacial score (nSPS) is 11.1. The summed E-state index contributed by atoms with van der Waals surface area (Å²) in [5.74, 6) is -1.81. The fourth-order valence-corrected chi connectivity index (χ4v) is 1.14. The van der Waals surface area contributed by atoms with Gasteiger partial charge < -0.3 is 10.4 Å². The minimum absolute atomic E-state index is 0.0255. The van der Waals surface area contributed by atoms with Crippen molar-refractivity contribution >= 4 is 12.6 Å². The fourth-order valence-electron chi connectivity index (χ4n) is 1.14. The van der Waals surface area contributed by atoms with Crippen LogP contribution in [0.3, 0.4) is 0 Å². The van der Waals surface area contributed by atoms with Crippen molar-refractivity contribution < 1.29 is 13.9 Å². The summed E-state index contributed by atoms with van der Waals surface area (Å²) in [6, 6.07) is 3.40. The highest BCUT2D eigenvalue weighted by molar-refractivity contribution is 6.02. The van der Waals surface area contributed by atoms with Crippen LogP contribution in [0.5, 0.6) is 0 Å². The van der Waals surface area contributed by atoms with Crippen molar-refractivity contribution in [2.45, 2.75) is 0 Å². The van der Waals surface area contributed by atoms with Gasteiger partial charge in [0.05, 0.1) is 5.56 Å². The molecule has 0 amide bonds. The standard InChI is InChI=1S/C11H11F2N3O/c1-7(15-6-17)16-11(14-2)10-8(12)4-3-5-9(10)13/h3-5,15,17H,1-2,6H2. The Morgan fingerprint density at radius 2 is 1.94 bits per heavy atom. The summed E-state index contributed by atoms with van der Waals surface area (Å²) in [5.41, 5.74) is -0.386. The van der Waals surface area contributed by atoms with E-state index < -0.39 is 18.4 Å². The van der Waals surface area contributed by atoms with E-state index in [1.54, 1.807) is 0 Å². The van der Waals surface area contributed by atoms with Gasteiger partial charge in [-0.15, -0.1) is 0 Å². The Morgan fingerprint density at radius 1 is 1.35 bits per heavy atom. The number of rotatable bonds is 4. The van der Waals surface area contributed by atoms with Crippen LogP contribution in [0.1, 0.15) is 5.56 Å². The molecule has 1 rings (SSSR count). The number of aliphatic hydroxyl groups excluding tert-OH is 1. The van der Waals surface area contributed by atoms with E-state index >= 15 is 0 Å². The van der Waals surface area contributed by atoms with Gasteiger partial charge in [0, 0.05) is 0 Å². The van der Waals surface area contributed by atoms with Crippen molar-refractivity contribution in [2.24, 2.45) is 9.98 Å². The quantitative estimate of drug-likeness (QED) is 0.474. The van der Waals surface area contributed by atoms with Crippen LogP contribution in [0.4, 0.5) is 8.78 Å². The van der Waals surface area contributed by atoms with Gasteiger partial charge in [-0.05, 0) is 18.9 Å². The maximum atomic E-state index is 13.4. The van der Waals surface area contributed by atoms with Crippen molar-refractivity contribution in [3.05, 3.63) is 47.8 Å². The van der Waals surface area contributed by atoms with Crippen LogP contribution in [0.15, 0.2) is 40.6 Å². The molecule has 0 atom stereocenters. The lowest BCUT2D eigenvalue weighted by Crippen LogP contribution is -2.14. The Morgan fingerprint density at radius 3 is 2.41 bits per heavy atom. The van der Waals surface area contributed by atoms with E-state index in [0.29, 0.717) is 0 Å². The minimum Gasteiger partial charge on any atom is -0.377 e. The van der Waals surface area contributed by atoms with Crippen LogP contribution in [-0.2, 0) is 0 Å². The van der Waals surface area contributed by atoms with Gasteiger partial charge >= 0.3 is 0 Å². The number of amidine groups is 1. The Kier molecular flexibility index (Phi) is 4.47. The zero-order valence-corrected chi connectivity index (χ0v) is 8.95. The lowest BCUT2D eigenvalue weighted by Gasteiger charge is -2.06. The first kappa shape index (κ1) is 13.0. The summed E-state index contributed by atoms with van der Waals surface area (Å²) in [4.78, 5) is 7.16. The Labute approximate surface area is 97.0 Å². The molecule has 0 aliphatic heterocycles. The molecule has 0 radical (unpaired) electrons. The molecule has 90 valence electrons. The van der Waals surface area contributed by atoms with Crippen LogP contribution >= 0.6 is 0 Å². The average Bonchev–Trinajstić information content (AvgIpc) is 2.27. The molecule has 2 N–H and O–H groups in total. The summed E-state index contributed by atoms with van der Waals surface area (Å²) in [6.45, 7) is 6.22. The Hall–Kier alpha value is -2.08. The van der Waals surface area contributed by atoms with Gasteiger partial charge in [0.1, 0.15) is 24.2 Å². The minimum atomic E-state index is -0.798. The topological polar surface area (TPSA) is 57.0 Å². The fraction of sp³-hybridized carbons (Fsp3) is 0.0909. The molecule has 0 heterocycles. The molecule has 0 unspecified atom stereocenters. The monoisotopic (exact) mass is 239 g/mol. The van der Waals surface area contributed by atoms with Gasteiger partial charge in [-0.1, -0.05) is 12.6 Å². The molecule has 0 spiro atoms. The molecule has 0 aromatic heterocycles. The van der Waals surface area contributed by atoms with Crippen LogP contribution in [0.25, 0.3) is 0 Å². The average molecular weight is 239 g/mol. The second-order valence-electron chi connectivity index (χ2n) is 2.97. The number of hydrogen-bond donors (Lipinski definition) is 2. The van der Waals surface area contributed by atoms with Gasteiger partial charge in [-0.2, -0.15) is 0 Å². The predicted octanol–water partition coefficient (Wildman–Crippen LogP) is 1.42. The SMILES string of the molecule is C=NC(=NC(=C)NCO)c1c(F)cccc1F. The smallest absolute Gasteiger partial charge is 0.166 e. The number of hydrogen-bond acceptors (Lipinski definition) is 3. The largest absolute Gasteiger partial charge is 0.377 e. The number of nitrogens with zero attached hydrogens (tertiary/aromatic N) is 2. The molecule has 17 heavy (non-hydrogen) atoms. The highest BCUT2D eigenvalue weighted by Gasteiger charge is 2.14. The zero-order valence-electron chi connectivity index (χ0n) is 8.95. The second-order valence-corrected chi connectivity index (χ2v) is 2.97. The van der Waals surface area contributed by atoms with E-state index in [4.69, 9.17) is 5.11 Å². The van der Waals surface area contributed by atoms with E-state index in [-0.39, 0.29) is 17.2 Å². The van der Waals surface area contributed by atoms with Gasteiger partial charge in [0.15, 0.2) is 5.84 Å². The predicted molar refractivity (Wildman–Crippen MR) is 61.8 cm³/mol. The van der Waals surface area contributed by atoms with Crippen LogP contribution in [0.2, 0.25) is 0 Å². The first-order valence-electron chi connectivity index (χ1n) is 4.63. The van der Waals surface area contributed by atoms with Crippen LogP contribution in [-0.4, -0.2) is 24.4 Å². The Bertz CT molecular complexity index is 452. The molecular weight excluding hydrogens is 228 g/mol. The highest BCUT2D eigenvalue weighted by atomic mass is 19.1. The highest BCUT2D eigenvalue weighted by Crippen LogP contribution is 2.14. The summed E-state index contributed by atoms with van der Waals surface area (Å²) in [5, 5.41) is 10.9. The van der Waals surface area contributed by atoms with Gasteiger partial charge in [-0.25, -0.2) is 18.8 Å². The molecule has 1 aromatic carbocycles. The van der Waals surface area contributed by atoms with Crippen molar-refractivity contribution in [1.82, 2.24) is 5.32 Å². The summed E-state index contributed by atoms with van der Waals surface area (Å²) in [6.07, 6.45) is 0. The summed E-state index contributed by atoms with van der Waals surface area (Å²) in [7, 11) is 0. The van der Waals surface area contributed by atoms with Gasteiger partial charge in [0.2, 0.25) is 0 Å². The summed E-state index contributed by atoms with van der Waals surface area (Å²) < 4.78 is 26.8. The number of aliphatic hydroxyl groups is 1. The number of halogens is 2. The molecule has 0 saturated heterocycles. The first-order valence-corrected chi connectivity index (χ1v) is 4.63. The van der Waals surface area contributed by atoms with Gasteiger partial charge in [-0.3, -0.25) is 0 Å². The van der Waals surface area contributed by atoms with Crippen molar-refractivity contribution in [3.63, 3.8) is 0 Å². The molecule has 0 saturated carbocycles. The lowest BCUT2D eigenvalue weighted by molar-refractivity contribution is 0.274. The van der Waals surface area contributed by atoms with Crippen molar-refractivity contribution in [1.29, 1.82) is 0 Å². The molecular formula is C11H11F2N3O. The second kappa shape index (κ2) is 5.86. The molecule has 0 fully saturated rings. The van der Waals surface area contributed by atoms with Gasteiger partial charge in [0.25, 0.3) is 0 Å². The molecule has 0 aliphatic carbocycles. The zero-order chi connectivity index (χ0) is 12.8. The summed E-state index contributed by atoms with van der Waals surface area (Å²) >= 11 is 0. The maximum absolute atomic E-state index is 13.4. The number of nitrogens with one attached hydrogen (secondary N) is 1. The molecule has 0 bridgehead atoms. The van der Waals surface area contributed by atoms with E-state index in [2.05, 4.69) is 28.6 Å². The molecule has 6 heteroatoms. The number of aliphatic imine (C=N–C) groups is 2. The third kappa shape index (κ3) is 3.18. The molecule has 1 aromatic rings. The third-order valence-corrected chi connectivity index (χ3v) is 1.86. The lowest BCUT2D eigenvalue weighted by atomic mass is 10.2. The third-order valence-electron chi connectivity index (χ3n) is 1.86. The Balaban J connectivity index is 3.18. The van der Waals surface area contributed by atoms with E-state index in [1.165, 1.54) is 6.07 Å². The maximum Gasteiger partial charge on any atom is 0.166 e. The van der Waals surface area contributed by atoms with Crippen molar-refractivity contribution in [3.8, 4) is 0 Å². The van der Waals surface area contributed by atoms with E-state index in [1.807, 2.05) is 0 Å². The first-order chi connectivity index (χ1) is 8.10. The van der Waals surface area contributed by atoms with E-state index in [9.17, 15) is 8.78 Å². The van der Waals surface area contributed by atoms with Crippen LogP contribution in [0, 0.1) is 11.6 Å². The molecule has 0 aliphatic rings.